The van der Waals surface area contributed by atoms with Crippen LogP contribution in [0.2, 0.25) is 0 Å². The minimum Gasteiger partial charge on any atom is -0.480 e. The van der Waals surface area contributed by atoms with Gasteiger partial charge in [0.2, 0.25) is 5.91 Å². The lowest BCUT2D eigenvalue weighted by Crippen LogP contribution is -2.43. The second kappa shape index (κ2) is 10.9. The van der Waals surface area contributed by atoms with Crippen LogP contribution in [0.5, 0.6) is 0 Å². The molecule has 1 fully saturated rings. The number of benzene rings is 2. The summed E-state index contributed by atoms with van der Waals surface area (Å²) in [5.74, 6) is -1.21. The molecular formula is C28H34N2O5. The maximum absolute atomic E-state index is 12.7. The molecule has 3 N–H and O–H groups in total. The molecule has 0 spiro atoms. The van der Waals surface area contributed by atoms with Crippen molar-refractivity contribution < 1.29 is 24.2 Å². The van der Waals surface area contributed by atoms with Gasteiger partial charge in [-0.1, -0.05) is 62.4 Å². The van der Waals surface area contributed by atoms with Crippen molar-refractivity contribution in [1.29, 1.82) is 0 Å². The van der Waals surface area contributed by atoms with Gasteiger partial charge in [0.05, 0.1) is 0 Å². The van der Waals surface area contributed by atoms with Gasteiger partial charge < -0.3 is 20.5 Å². The van der Waals surface area contributed by atoms with Gasteiger partial charge in [-0.15, -0.1) is 0 Å². The van der Waals surface area contributed by atoms with Gasteiger partial charge in [-0.3, -0.25) is 4.79 Å². The van der Waals surface area contributed by atoms with E-state index in [2.05, 4.69) is 34.9 Å². The SMILES string of the molecule is CC(C)CCC(NC(=O)[C@@H]1CC[C@H](NC(=O)OCC2c3ccccc3-c3ccccc32)C1)C(=O)O. The first kappa shape index (κ1) is 24.8. The number of fused-ring (bicyclic) bond motifs is 3. The molecule has 1 unspecified atom stereocenters. The van der Waals surface area contributed by atoms with Crippen molar-refractivity contribution in [2.45, 2.75) is 64.0 Å². The highest BCUT2D eigenvalue weighted by Crippen LogP contribution is 2.44. The number of hydrogen-bond acceptors (Lipinski definition) is 4. The van der Waals surface area contributed by atoms with E-state index in [-0.39, 0.29) is 30.4 Å². The molecule has 2 aliphatic carbocycles. The van der Waals surface area contributed by atoms with Gasteiger partial charge in [-0.25, -0.2) is 9.59 Å². The number of hydrogen-bond donors (Lipinski definition) is 3. The quantitative estimate of drug-likeness (QED) is 0.485. The summed E-state index contributed by atoms with van der Waals surface area (Å²) in [6.07, 6.45) is 2.40. The Morgan fingerprint density at radius 1 is 0.971 bits per heavy atom. The Hall–Kier alpha value is -3.35. The summed E-state index contributed by atoms with van der Waals surface area (Å²) < 4.78 is 5.62. The number of carboxylic acids is 1. The van der Waals surface area contributed by atoms with E-state index in [0.717, 1.165) is 17.5 Å². The standard InChI is InChI=1S/C28H34N2O5/c1-17(2)11-14-25(27(32)33)30-26(31)18-12-13-19(15-18)29-28(34)35-16-24-22-9-5-3-7-20(22)21-8-4-6-10-23(21)24/h3-10,17-19,24-25H,11-16H2,1-2H3,(H,29,34)(H,30,31)(H,32,33)/t18-,19+,25?/m1/s1. The first-order valence-electron chi connectivity index (χ1n) is 12.5. The zero-order valence-electron chi connectivity index (χ0n) is 20.3. The predicted octanol–water partition coefficient (Wildman–Crippen LogP) is 4.70. The fourth-order valence-corrected chi connectivity index (χ4v) is 5.20. The normalized spacial score (nSPS) is 19.6. The summed E-state index contributed by atoms with van der Waals surface area (Å²) in [5.41, 5.74) is 4.67. The Kier molecular flexibility index (Phi) is 7.73. The van der Waals surface area contributed by atoms with E-state index in [0.29, 0.717) is 31.6 Å². The van der Waals surface area contributed by atoms with Gasteiger partial charge in [0.1, 0.15) is 12.6 Å². The third-order valence-corrected chi connectivity index (χ3v) is 7.12. The second-order valence-electron chi connectivity index (χ2n) is 10.0. The molecule has 4 rings (SSSR count). The number of carbonyl (C=O) groups is 3. The molecule has 2 amide bonds. The third kappa shape index (κ3) is 5.84. The van der Waals surface area contributed by atoms with Crippen molar-refractivity contribution in [2.75, 3.05) is 6.61 Å². The average Bonchev–Trinajstić information content (AvgIpc) is 3.43. The lowest BCUT2D eigenvalue weighted by atomic mass is 9.98. The molecule has 1 saturated carbocycles. The summed E-state index contributed by atoms with van der Waals surface area (Å²) >= 11 is 0. The number of carboxylic acid groups (broad SMARTS) is 1. The first-order chi connectivity index (χ1) is 16.8. The van der Waals surface area contributed by atoms with Crippen LogP contribution in [-0.4, -0.2) is 41.8 Å². The Bertz CT molecular complexity index is 1040. The van der Waals surface area contributed by atoms with Gasteiger partial charge in [0.25, 0.3) is 0 Å². The van der Waals surface area contributed by atoms with Gasteiger partial charge in [-0.2, -0.15) is 0 Å². The van der Waals surface area contributed by atoms with Crippen molar-refractivity contribution >= 4 is 18.0 Å². The number of amides is 2. The monoisotopic (exact) mass is 478 g/mol. The Morgan fingerprint density at radius 2 is 1.60 bits per heavy atom. The summed E-state index contributed by atoms with van der Waals surface area (Å²) in [6.45, 7) is 4.29. The molecule has 0 radical (unpaired) electrons. The van der Waals surface area contributed by atoms with Crippen LogP contribution >= 0.6 is 0 Å². The number of rotatable bonds is 9. The lowest BCUT2D eigenvalue weighted by Gasteiger charge is -2.19. The van der Waals surface area contributed by atoms with Gasteiger partial charge in [-0.05, 0) is 60.3 Å². The number of carbonyl (C=O) groups excluding carboxylic acids is 2. The van der Waals surface area contributed by atoms with Crippen molar-refractivity contribution in [3.63, 3.8) is 0 Å². The van der Waals surface area contributed by atoms with E-state index in [1.165, 1.54) is 11.1 Å². The molecule has 0 heterocycles. The topological polar surface area (TPSA) is 105 Å². The van der Waals surface area contributed by atoms with Crippen molar-refractivity contribution in [2.24, 2.45) is 11.8 Å². The highest BCUT2D eigenvalue weighted by Gasteiger charge is 2.34. The molecule has 2 aromatic rings. The maximum Gasteiger partial charge on any atom is 0.407 e. The van der Waals surface area contributed by atoms with Gasteiger partial charge in [0.15, 0.2) is 0 Å². The zero-order valence-corrected chi connectivity index (χ0v) is 20.3. The van der Waals surface area contributed by atoms with E-state index < -0.39 is 18.1 Å². The average molecular weight is 479 g/mol. The van der Waals surface area contributed by atoms with Crippen LogP contribution in [0, 0.1) is 11.8 Å². The first-order valence-corrected chi connectivity index (χ1v) is 12.5. The molecule has 0 aromatic heterocycles. The number of ether oxygens (including phenoxy) is 1. The van der Waals surface area contributed by atoms with Gasteiger partial charge >= 0.3 is 12.1 Å². The van der Waals surface area contributed by atoms with Crippen molar-refractivity contribution in [3.05, 3.63) is 59.7 Å². The number of alkyl carbamates (subject to hydrolysis) is 1. The highest BCUT2D eigenvalue weighted by molar-refractivity contribution is 5.85. The third-order valence-electron chi connectivity index (χ3n) is 7.12. The summed E-state index contributed by atoms with van der Waals surface area (Å²) in [5, 5.41) is 15.0. The van der Waals surface area contributed by atoms with Crippen LogP contribution in [0.3, 0.4) is 0 Å². The Labute approximate surface area is 206 Å². The zero-order chi connectivity index (χ0) is 24.9. The van der Waals surface area contributed by atoms with E-state index in [1.807, 2.05) is 38.1 Å². The fraction of sp³-hybridized carbons (Fsp3) is 0.464. The largest absolute Gasteiger partial charge is 0.480 e. The molecule has 186 valence electrons. The molecular weight excluding hydrogens is 444 g/mol. The van der Waals surface area contributed by atoms with Crippen LogP contribution < -0.4 is 10.6 Å². The fourth-order valence-electron chi connectivity index (χ4n) is 5.20. The van der Waals surface area contributed by atoms with E-state index in [9.17, 15) is 19.5 Å². The second-order valence-corrected chi connectivity index (χ2v) is 10.0. The smallest absolute Gasteiger partial charge is 0.407 e. The van der Waals surface area contributed by atoms with E-state index >= 15 is 0 Å². The van der Waals surface area contributed by atoms with Crippen molar-refractivity contribution in [1.82, 2.24) is 10.6 Å². The number of nitrogens with one attached hydrogen (secondary N) is 2. The molecule has 2 aromatic carbocycles. The predicted molar refractivity (Wildman–Crippen MR) is 133 cm³/mol. The molecule has 3 atom stereocenters. The number of aliphatic carboxylic acids is 1. The summed E-state index contributed by atoms with van der Waals surface area (Å²) in [7, 11) is 0. The molecule has 0 saturated heterocycles. The molecule has 7 nitrogen and oxygen atoms in total. The minimum absolute atomic E-state index is 0.00551. The van der Waals surface area contributed by atoms with E-state index in [4.69, 9.17) is 4.74 Å². The maximum atomic E-state index is 12.7. The van der Waals surface area contributed by atoms with Crippen LogP contribution in [-0.2, 0) is 14.3 Å². The van der Waals surface area contributed by atoms with Crippen molar-refractivity contribution in [3.8, 4) is 11.1 Å². The molecule has 7 heteroatoms. The molecule has 35 heavy (non-hydrogen) atoms. The van der Waals surface area contributed by atoms with Gasteiger partial charge in [0, 0.05) is 17.9 Å². The van der Waals surface area contributed by atoms with Crippen LogP contribution in [0.1, 0.15) is 63.0 Å². The minimum atomic E-state index is -1.01. The molecule has 0 aliphatic heterocycles. The molecule has 0 bridgehead atoms. The van der Waals surface area contributed by atoms with Crippen LogP contribution in [0.15, 0.2) is 48.5 Å². The Balaban J connectivity index is 1.27. The summed E-state index contributed by atoms with van der Waals surface area (Å²) in [4.78, 5) is 36.7. The molecule has 2 aliphatic rings. The highest BCUT2D eigenvalue weighted by atomic mass is 16.5. The Morgan fingerprint density at radius 3 is 2.20 bits per heavy atom. The lowest BCUT2D eigenvalue weighted by molar-refractivity contribution is -0.142. The van der Waals surface area contributed by atoms with Crippen LogP contribution in [0.25, 0.3) is 11.1 Å². The van der Waals surface area contributed by atoms with E-state index in [1.54, 1.807) is 0 Å². The summed E-state index contributed by atoms with van der Waals surface area (Å²) in [6, 6.07) is 15.3. The van der Waals surface area contributed by atoms with Crippen LogP contribution in [0.4, 0.5) is 4.79 Å².